The number of hydrogen-bond acceptors (Lipinski definition) is 21. The van der Waals surface area contributed by atoms with E-state index in [4.69, 9.17) is 15.6 Å². The van der Waals surface area contributed by atoms with Gasteiger partial charge in [0.2, 0.25) is 0 Å². The van der Waals surface area contributed by atoms with Crippen molar-refractivity contribution in [1.29, 1.82) is 0 Å². The Bertz CT molecular complexity index is 5220. The Morgan fingerprint density at radius 3 is 0.889 bits per heavy atom. The van der Waals surface area contributed by atoms with Gasteiger partial charge in [0.05, 0.1) is 35.1 Å². The van der Waals surface area contributed by atoms with Crippen molar-refractivity contribution < 1.29 is 42.0 Å². The number of fused-ring (bicyclic) bond motifs is 6. The van der Waals surface area contributed by atoms with E-state index in [0.717, 1.165) is 16.7 Å². The molecule has 33 heteroatoms. The third-order valence-corrected chi connectivity index (χ3v) is 16.7. The summed E-state index contributed by atoms with van der Waals surface area (Å²) < 4.78 is 101. The van der Waals surface area contributed by atoms with Crippen LogP contribution in [0.3, 0.4) is 0 Å². The summed E-state index contributed by atoms with van der Waals surface area (Å²) in [7, 11) is 5.35. The van der Waals surface area contributed by atoms with Gasteiger partial charge in [-0.2, -0.15) is 44.1 Å². The maximum absolute atomic E-state index is 15.7. The second-order valence-electron chi connectivity index (χ2n) is 23.2. The predicted octanol–water partition coefficient (Wildman–Crippen LogP) is 11.1. The van der Waals surface area contributed by atoms with Crippen LogP contribution in [0, 0.1) is 34.9 Å². The standard InChI is InChI=1S/3C22H18F2N8O/c3*1-11(22-28-27-19-5-4-17(12(2)30-33)29-32(19)22)20-16(23)7-18-15(21(20)24)6-13(8-25-18)14-9-26-31(3)10-14/h3*4-11,33H,1-3H3/b3*30-12+/t2*11-;/m10./s1. The van der Waals surface area contributed by atoms with Gasteiger partial charge in [0.25, 0.3) is 0 Å². The Morgan fingerprint density at radius 1 is 0.374 bits per heavy atom. The molecule has 12 aromatic heterocycles. The molecule has 27 nitrogen and oxygen atoms in total. The van der Waals surface area contributed by atoms with Crippen LogP contribution in [0.2, 0.25) is 0 Å². The molecule has 0 saturated heterocycles. The Labute approximate surface area is 554 Å². The zero-order valence-electron chi connectivity index (χ0n) is 53.7. The molecule has 498 valence electrons. The number of hydrogen-bond donors (Lipinski definition) is 3. The molecule has 3 atom stereocenters. The third kappa shape index (κ3) is 12.0. The second kappa shape index (κ2) is 26.1. The van der Waals surface area contributed by atoms with Crippen molar-refractivity contribution in [3.8, 4) is 33.4 Å². The molecule has 15 rings (SSSR count). The van der Waals surface area contributed by atoms with Crippen LogP contribution < -0.4 is 0 Å². The van der Waals surface area contributed by atoms with Gasteiger partial charge in [-0.05, 0) is 75.4 Å². The monoisotopic (exact) mass is 1340 g/mol. The fraction of sp³-hybridized carbons (Fsp3) is 0.182. The quantitative estimate of drug-likeness (QED) is 0.0443. The van der Waals surface area contributed by atoms with Crippen molar-refractivity contribution in [3.63, 3.8) is 0 Å². The molecule has 0 saturated carbocycles. The smallest absolute Gasteiger partial charge is 0.177 e. The molecule has 12 heterocycles. The van der Waals surface area contributed by atoms with Crippen LogP contribution in [0.25, 0.3) is 83.0 Å². The maximum Gasteiger partial charge on any atom is 0.177 e. The number of rotatable bonds is 12. The van der Waals surface area contributed by atoms with Crippen molar-refractivity contribution in [3.05, 3.63) is 215 Å². The molecule has 0 amide bonds. The predicted molar refractivity (Wildman–Crippen MR) is 348 cm³/mol. The summed E-state index contributed by atoms with van der Waals surface area (Å²) in [5.74, 6) is -6.13. The van der Waals surface area contributed by atoms with Gasteiger partial charge in [-0.25, -0.2) is 26.3 Å². The first-order valence-electron chi connectivity index (χ1n) is 30.2. The lowest BCUT2D eigenvalue weighted by atomic mass is 9.96. The Hall–Kier alpha value is -12.8. The van der Waals surface area contributed by atoms with Crippen LogP contribution >= 0.6 is 0 Å². The van der Waals surface area contributed by atoms with Crippen LogP contribution in [0.4, 0.5) is 26.3 Å². The van der Waals surface area contributed by atoms with Gasteiger partial charge >= 0.3 is 0 Å². The SMILES string of the molecule is C/C(=N\O)c1ccc2nnc(C(C)c3c(F)cc4ncc(-c5cnn(C)c5)cc4c3F)n2n1.C/C(=N\O)c1ccc2nnc([C@@H](C)c3c(F)cc4ncc(-c5cnn(C)c5)cc4c3F)n2n1.C/C(=N\O)c1ccc2nnc([C@H](C)c3c(F)cc4ncc(-c5cnn(C)c5)cc4c3F)n2n1. The number of pyridine rings is 3. The highest BCUT2D eigenvalue weighted by molar-refractivity contribution is 5.97. The van der Waals surface area contributed by atoms with Crippen LogP contribution in [-0.2, 0) is 21.1 Å². The van der Waals surface area contributed by atoms with Gasteiger partial charge in [0, 0.05) is 161 Å². The highest BCUT2D eigenvalue weighted by Gasteiger charge is 2.30. The number of aromatic nitrogens is 21. The molecule has 0 radical (unpaired) electrons. The maximum atomic E-state index is 15.7. The van der Waals surface area contributed by atoms with E-state index >= 15 is 26.3 Å². The Morgan fingerprint density at radius 2 is 0.646 bits per heavy atom. The highest BCUT2D eigenvalue weighted by Crippen LogP contribution is 2.38. The number of benzene rings is 3. The molecule has 15 aromatic rings. The van der Waals surface area contributed by atoms with Gasteiger partial charge in [-0.15, -0.1) is 30.6 Å². The summed E-state index contributed by atoms with van der Waals surface area (Å²) in [6, 6.07) is 18.3. The Balaban J connectivity index is 0.000000133. The van der Waals surface area contributed by atoms with E-state index in [-0.39, 0.29) is 84.0 Å². The first-order valence-corrected chi connectivity index (χ1v) is 30.2. The van der Waals surface area contributed by atoms with Crippen molar-refractivity contribution in [2.45, 2.75) is 59.3 Å². The van der Waals surface area contributed by atoms with Gasteiger partial charge in [-0.3, -0.25) is 29.0 Å². The summed E-state index contributed by atoms with van der Waals surface area (Å²) in [6.45, 7) is 9.63. The molecule has 0 aliphatic carbocycles. The summed E-state index contributed by atoms with van der Waals surface area (Å²) >= 11 is 0. The topological polar surface area (TPSA) is 319 Å². The van der Waals surface area contributed by atoms with Crippen molar-refractivity contribution in [1.82, 2.24) is 104 Å². The number of oxime groups is 3. The van der Waals surface area contributed by atoms with Crippen molar-refractivity contribution in [2.75, 3.05) is 0 Å². The minimum absolute atomic E-state index is 0.165. The van der Waals surface area contributed by atoms with Crippen LogP contribution in [0.1, 0.15) is 111 Å². The molecule has 0 spiro atoms. The minimum Gasteiger partial charge on any atom is -0.411 e. The minimum atomic E-state index is -0.819. The largest absolute Gasteiger partial charge is 0.411 e. The van der Waals surface area contributed by atoms with E-state index in [9.17, 15) is 0 Å². The number of halogens is 6. The number of nitrogens with zero attached hydrogens (tertiary/aromatic N) is 24. The van der Waals surface area contributed by atoms with Crippen molar-refractivity contribution in [2.24, 2.45) is 36.6 Å². The molecule has 3 N–H and O–H groups in total. The van der Waals surface area contributed by atoms with E-state index in [2.05, 4.69) is 91.6 Å². The van der Waals surface area contributed by atoms with E-state index in [1.54, 1.807) is 187 Å². The number of aryl methyl sites for hydroxylation is 3. The third-order valence-electron chi connectivity index (χ3n) is 16.7. The van der Waals surface area contributed by atoms with Crippen molar-refractivity contribution >= 4 is 66.8 Å². The van der Waals surface area contributed by atoms with Crippen LogP contribution in [-0.4, -0.2) is 136 Å². The average molecular weight is 1350 g/mol. The van der Waals surface area contributed by atoms with E-state index < -0.39 is 52.7 Å². The molecule has 0 aliphatic heterocycles. The molecule has 3 aromatic carbocycles. The molecular formula is C66H54F6N24O3. The van der Waals surface area contributed by atoms with E-state index in [1.165, 1.54) is 31.7 Å². The Kier molecular flexibility index (Phi) is 17.1. The fourth-order valence-electron chi connectivity index (χ4n) is 11.4. The van der Waals surface area contributed by atoms with Gasteiger partial charge < -0.3 is 15.6 Å². The lowest BCUT2D eigenvalue weighted by molar-refractivity contribution is 0.318. The first-order chi connectivity index (χ1) is 47.6. The van der Waals surface area contributed by atoms with Gasteiger partial charge in [0.1, 0.15) is 69.1 Å². The van der Waals surface area contributed by atoms with Gasteiger partial charge in [-0.1, -0.05) is 36.2 Å². The second-order valence-corrected chi connectivity index (χ2v) is 23.2. The van der Waals surface area contributed by atoms with E-state index in [1.807, 2.05) is 0 Å². The molecule has 0 bridgehead atoms. The summed E-state index contributed by atoms with van der Waals surface area (Å²) in [4.78, 5) is 12.7. The van der Waals surface area contributed by atoms with E-state index in [0.29, 0.717) is 50.7 Å². The molecule has 0 aliphatic rings. The fourth-order valence-corrected chi connectivity index (χ4v) is 11.4. The zero-order valence-corrected chi connectivity index (χ0v) is 53.7. The molecular weight excluding hydrogens is 1290 g/mol. The molecule has 0 fully saturated rings. The lowest BCUT2D eigenvalue weighted by Gasteiger charge is -2.14. The lowest BCUT2D eigenvalue weighted by Crippen LogP contribution is -2.11. The highest BCUT2D eigenvalue weighted by atomic mass is 19.2. The molecule has 99 heavy (non-hydrogen) atoms. The van der Waals surface area contributed by atoms with Crippen LogP contribution in [0.5, 0.6) is 0 Å². The van der Waals surface area contributed by atoms with Gasteiger partial charge in [0.15, 0.2) is 34.4 Å². The molecule has 1 unspecified atom stereocenters. The average Bonchev–Trinajstić information content (AvgIpc) is 1.73. The summed E-state index contributed by atoms with van der Waals surface area (Å²) in [6.07, 6.45) is 15.0. The normalized spacial score (nSPS) is 13.2. The first kappa shape index (κ1) is 64.8. The summed E-state index contributed by atoms with van der Waals surface area (Å²) in [5, 5.41) is 87.1. The summed E-state index contributed by atoms with van der Waals surface area (Å²) in [5.41, 5.74) is 7.58. The zero-order chi connectivity index (χ0) is 69.8. The van der Waals surface area contributed by atoms with Crippen LogP contribution in [0.15, 0.2) is 144 Å².